The summed E-state index contributed by atoms with van der Waals surface area (Å²) in [5.74, 6) is 1.17. The normalized spacial score (nSPS) is 10.2. The molecular formula is C16H15BrO3. The fourth-order valence-electron chi connectivity index (χ4n) is 1.83. The molecule has 4 heteroatoms. The summed E-state index contributed by atoms with van der Waals surface area (Å²) in [5.41, 5.74) is 1.61. The second-order valence-electron chi connectivity index (χ2n) is 4.30. The molecule has 2 aromatic carbocycles. The van der Waals surface area contributed by atoms with Gasteiger partial charge in [-0.1, -0.05) is 34.1 Å². The monoisotopic (exact) mass is 334 g/mol. The molecule has 0 bridgehead atoms. The molecule has 0 N–H and O–H groups in total. The third-order valence-corrected chi connectivity index (χ3v) is 3.68. The number of hydrogen-bond acceptors (Lipinski definition) is 3. The van der Waals surface area contributed by atoms with Crippen molar-refractivity contribution in [2.75, 3.05) is 7.11 Å². The summed E-state index contributed by atoms with van der Waals surface area (Å²) in [6, 6.07) is 13.1. The SMILES string of the molecule is COc1cc(OCc2ccccc2Br)ccc1C(C)=O. The van der Waals surface area contributed by atoms with E-state index >= 15 is 0 Å². The minimum absolute atomic E-state index is 0.0285. The summed E-state index contributed by atoms with van der Waals surface area (Å²) in [7, 11) is 1.54. The average Bonchev–Trinajstić information content (AvgIpc) is 2.46. The third kappa shape index (κ3) is 3.39. The Morgan fingerprint density at radius 2 is 1.95 bits per heavy atom. The van der Waals surface area contributed by atoms with Crippen molar-refractivity contribution in [3.63, 3.8) is 0 Å². The Hall–Kier alpha value is -1.81. The Morgan fingerprint density at radius 1 is 1.20 bits per heavy atom. The van der Waals surface area contributed by atoms with Gasteiger partial charge in [0.1, 0.15) is 18.1 Å². The number of rotatable bonds is 5. The molecular weight excluding hydrogens is 320 g/mol. The first kappa shape index (κ1) is 14.6. The van der Waals surface area contributed by atoms with Crippen LogP contribution in [-0.2, 0) is 6.61 Å². The van der Waals surface area contributed by atoms with Crippen LogP contribution in [0.2, 0.25) is 0 Å². The van der Waals surface area contributed by atoms with Gasteiger partial charge in [0.2, 0.25) is 0 Å². The Bertz CT molecular complexity index is 623. The fraction of sp³-hybridized carbons (Fsp3) is 0.188. The lowest BCUT2D eigenvalue weighted by Crippen LogP contribution is -2.00. The molecule has 0 unspecified atom stereocenters. The van der Waals surface area contributed by atoms with Crippen LogP contribution >= 0.6 is 15.9 Å². The van der Waals surface area contributed by atoms with Gasteiger partial charge in [0, 0.05) is 16.1 Å². The highest BCUT2D eigenvalue weighted by Crippen LogP contribution is 2.26. The van der Waals surface area contributed by atoms with Crippen LogP contribution in [-0.4, -0.2) is 12.9 Å². The molecule has 0 aliphatic heterocycles. The van der Waals surface area contributed by atoms with Crippen molar-refractivity contribution in [2.24, 2.45) is 0 Å². The molecule has 0 radical (unpaired) electrons. The molecule has 0 amide bonds. The van der Waals surface area contributed by atoms with Crippen molar-refractivity contribution in [1.29, 1.82) is 0 Å². The van der Waals surface area contributed by atoms with E-state index in [2.05, 4.69) is 15.9 Å². The van der Waals surface area contributed by atoms with Gasteiger partial charge in [-0.05, 0) is 25.1 Å². The van der Waals surface area contributed by atoms with Gasteiger partial charge in [0.05, 0.1) is 12.7 Å². The summed E-state index contributed by atoms with van der Waals surface area (Å²) in [4.78, 5) is 11.4. The largest absolute Gasteiger partial charge is 0.496 e. The molecule has 2 rings (SSSR count). The van der Waals surface area contributed by atoms with Crippen LogP contribution in [0.5, 0.6) is 11.5 Å². The number of Topliss-reactive ketones (excluding diaryl/α,β-unsaturated/α-hetero) is 1. The standard InChI is InChI=1S/C16H15BrO3/c1-11(18)14-8-7-13(9-16(14)19-2)20-10-12-5-3-4-6-15(12)17/h3-9H,10H2,1-2H3. The minimum Gasteiger partial charge on any atom is -0.496 e. The summed E-state index contributed by atoms with van der Waals surface area (Å²) in [5, 5.41) is 0. The zero-order chi connectivity index (χ0) is 14.5. The van der Waals surface area contributed by atoms with E-state index in [9.17, 15) is 4.79 Å². The molecule has 20 heavy (non-hydrogen) atoms. The number of hydrogen-bond donors (Lipinski definition) is 0. The predicted octanol–water partition coefficient (Wildman–Crippen LogP) is 4.24. The summed E-state index contributed by atoms with van der Waals surface area (Å²) in [6.07, 6.45) is 0. The van der Waals surface area contributed by atoms with E-state index in [1.807, 2.05) is 24.3 Å². The lowest BCUT2D eigenvalue weighted by Gasteiger charge is -2.11. The maximum absolute atomic E-state index is 11.4. The molecule has 0 fully saturated rings. The number of ether oxygens (including phenoxy) is 2. The zero-order valence-corrected chi connectivity index (χ0v) is 12.9. The summed E-state index contributed by atoms with van der Waals surface area (Å²) < 4.78 is 11.9. The van der Waals surface area contributed by atoms with Crippen LogP contribution in [0.25, 0.3) is 0 Å². The van der Waals surface area contributed by atoms with Crippen LogP contribution in [0.3, 0.4) is 0 Å². The lowest BCUT2D eigenvalue weighted by molar-refractivity contribution is 0.101. The number of carbonyl (C=O) groups excluding carboxylic acids is 1. The van der Waals surface area contributed by atoms with Crippen LogP contribution in [0, 0.1) is 0 Å². The minimum atomic E-state index is -0.0285. The summed E-state index contributed by atoms with van der Waals surface area (Å²) in [6.45, 7) is 1.96. The van der Waals surface area contributed by atoms with E-state index in [0.29, 0.717) is 23.7 Å². The maximum Gasteiger partial charge on any atom is 0.163 e. The number of methoxy groups -OCH3 is 1. The number of benzene rings is 2. The quantitative estimate of drug-likeness (QED) is 0.767. The molecule has 0 saturated heterocycles. The molecule has 104 valence electrons. The zero-order valence-electron chi connectivity index (χ0n) is 11.4. The Balaban J connectivity index is 2.15. The molecule has 0 aliphatic carbocycles. The summed E-state index contributed by atoms with van der Waals surface area (Å²) >= 11 is 3.48. The fourth-order valence-corrected chi connectivity index (χ4v) is 2.23. The van der Waals surface area contributed by atoms with Gasteiger partial charge in [-0.25, -0.2) is 0 Å². The lowest BCUT2D eigenvalue weighted by atomic mass is 10.1. The van der Waals surface area contributed by atoms with Gasteiger partial charge in [0.15, 0.2) is 5.78 Å². The molecule has 0 heterocycles. The average molecular weight is 335 g/mol. The highest BCUT2D eigenvalue weighted by molar-refractivity contribution is 9.10. The highest BCUT2D eigenvalue weighted by Gasteiger charge is 2.09. The predicted molar refractivity (Wildman–Crippen MR) is 81.5 cm³/mol. The Labute approximate surface area is 126 Å². The molecule has 2 aromatic rings. The number of halogens is 1. The van der Waals surface area contributed by atoms with Crippen molar-refractivity contribution in [3.8, 4) is 11.5 Å². The first-order valence-corrected chi connectivity index (χ1v) is 6.96. The van der Waals surface area contributed by atoms with E-state index in [0.717, 1.165) is 10.0 Å². The molecule has 0 spiro atoms. The first-order valence-electron chi connectivity index (χ1n) is 6.17. The van der Waals surface area contributed by atoms with Crippen molar-refractivity contribution >= 4 is 21.7 Å². The number of ketones is 1. The highest BCUT2D eigenvalue weighted by atomic mass is 79.9. The van der Waals surface area contributed by atoms with Gasteiger partial charge in [-0.15, -0.1) is 0 Å². The van der Waals surface area contributed by atoms with E-state index < -0.39 is 0 Å². The first-order chi connectivity index (χ1) is 9.61. The second kappa shape index (κ2) is 6.57. The molecule has 3 nitrogen and oxygen atoms in total. The van der Waals surface area contributed by atoms with E-state index in [1.165, 1.54) is 6.92 Å². The van der Waals surface area contributed by atoms with Crippen LogP contribution in [0.15, 0.2) is 46.9 Å². The molecule has 0 aliphatic rings. The molecule has 0 atom stereocenters. The smallest absolute Gasteiger partial charge is 0.163 e. The Kier molecular flexibility index (Phi) is 4.79. The van der Waals surface area contributed by atoms with E-state index in [-0.39, 0.29) is 5.78 Å². The van der Waals surface area contributed by atoms with Crippen LogP contribution in [0.4, 0.5) is 0 Å². The maximum atomic E-state index is 11.4. The van der Waals surface area contributed by atoms with Crippen molar-refractivity contribution in [2.45, 2.75) is 13.5 Å². The Morgan fingerprint density at radius 3 is 2.60 bits per heavy atom. The van der Waals surface area contributed by atoms with Gasteiger partial charge in [-0.3, -0.25) is 4.79 Å². The van der Waals surface area contributed by atoms with E-state index in [1.54, 1.807) is 25.3 Å². The van der Waals surface area contributed by atoms with Gasteiger partial charge >= 0.3 is 0 Å². The third-order valence-electron chi connectivity index (χ3n) is 2.90. The van der Waals surface area contributed by atoms with Crippen LogP contribution < -0.4 is 9.47 Å². The van der Waals surface area contributed by atoms with Crippen molar-refractivity contribution in [3.05, 3.63) is 58.1 Å². The van der Waals surface area contributed by atoms with Gasteiger partial charge < -0.3 is 9.47 Å². The van der Waals surface area contributed by atoms with Crippen LogP contribution in [0.1, 0.15) is 22.8 Å². The van der Waals surface area contributed by atoms with E-state index in [4.69, 9.17) is 9.47 Å². The van der Waals surface area contributed by atoms with Crippen molar-refractivity contribution in [1.82, 2.24) is 0 Å². The van der Waals surface area contributed by atoms with Crippen molar-refractivity contribution < 1.29 is 14.3 Å². The molecule has 0 saturated carbocycles. The van der Waals surface area contributed by atoms with Gasteiger partial charge in [-0.2, -0.15) is 0 Å². The number of carbonyl (C=O) groups is 1. The topological polar surface area (TPSA) is 35.5 Å². The molecule has 0 aromatic heterocycles. The van der Waals surface area contributed by atoms with Gasteiger partial charge in [0.25, 0.3) is 0 Å². The second-order valence-corrected chi connectivity index (χ2v) is 5.15.